The maximum absolute atomic E-state index is 13.6. The Morgan fingerprint density at radius 1 is 0.976 bits per heavy atom. The highest BCUT2D eigenvalue weighted by atomic mass is 16.6. The number of aromatic nitrogens is 2. The van der Waals surface area contributed by atoms with Crippen LogP contribution in [0.3, 0.4) is 0 Å². The molecule has 42 heavy (non-hydrogen) atoms. The summed E-state index contributed by atoms with van der Waals surface area (Å²) in [5, 5.41) is 12.0. The first kappa shape index (κ1) is 30.2. The van der Waals surface area contributed by atoms with Crippen LogP contribution in [0.15, 0.2) is 36.4 Å². The minimum atomic E-state index is -1.11. The van der Waals surface area contributed by atoms with Crippen LogP contribution in [0.1, 0.15) is 30.3 Å². The first-order valence-corrected chi connectivity index (χ1v) is 13.9. The summed E-state index contributed by atoms with van der Waals surface area (Å²) >= 11 is 0. The van der Waals surface area contributed by atoms with E-state index in [1.807, 2.05) is 35.2 Å². The Morgan fingerprint density at radius 3 is 2.26 bits per heavy atom. The molecule has 2 aromatic rings. The Bertz CT molecular complexity index is 1280. The number of amides is 4. The molecule has 0 saturated carbocycles. The van der Waals surface area contributed by atoms with Crippen LogP contribution in [0, 0.1) is 0 Å². The van der Waals surface area contributed by atoms with E-state index < -0.39 is 29.9 Å². The molecule has 2 saturated heterocycles. The van der Waals surface area contributed by atoms with Gasteiger partial charge in [0.05, 0.1) is 6.61 Å². The van der Waals surface area contributed by atoms with Gasteiger partial charge in [0, 0.05) is 70.4 Å². The molecule has 3 heterocycles. The van der Waals surface area contributed by atoms with Gasteiger partial charge in [-0.25, -0.2) is 14.8 Å². The predicted molar refractivity (Wildman–Crippen MR) is 151 cm³/mol. The first-order chi connectivity index (χ1) is 20.3. The van der Waals surface area contributed by atoms with Crippen molar-refractivity contribution in [1.82, 2.24) is 30.0 Å². The number of hydrogen-bond donors (Lipinski definition) is 2. The molecule has 14 heteroatoms. The number of rotatable bonds is 10. The third-order valence-corrected chi connectivity index (χ3v) is 7.13. The van der Waals surface area contributed by atoms with Crippen molar-refractivity contribution in [2.45, 2.75) is 25.8 Å². The van der Waals surface area contributed by atoms with Gasteiger partial charge in [0.15, 0.2) is 5.82 Å². The number of aliphatic carboxylic acids is 1. The summed E-state index contributed by atoms with van der Waals surface area (Å²) in [4.78, 5) is 77.4. The van der Waals surface area contributed by atoms with E-state index in [1.165, 1.54) is 15.9 Å². The number of carboxylic acids is 1. The number of nitrogens with zero attached hydrogens (tertiary/aromatic N) is 6. The molecule has 4 rings (SSSR count). The third-order valence-electron chi connectivity index (χ3n) is 7.13. The van der Waals surface area contributed by atoms with Gasteiger partial charge < -0.3 is 34.8 Å². The molecule has 2 N–H and O–H groups in total. The molecule has 1 aromatic heterocycles. The van der Waals surface area contributed by atoms with E-state index in [2.05, 4.69) is 15.3 Å². The molecule has 2 aliphatic heterocycles. The van der Waals surface area contributed by atoms with Crippen molar-refractivity contribution < 1.29 is 33.8 Å². The lowest BCUT2D eigenvalue weighted by Gasteiger charge is -2.36. The summed E-state index contributed by atoms with van der Waals surface area (Å²) in [6.45, 7) is 4.96. The number of benzene rings is 1. The van der Waals surface area contributed by atoms with Crippen molar-refractivity contribution in [3.63, 3.8) is 0 Å². The molecule has 14 nitrogen and oxygen atoms in total. The van der Waals surface area contributed by atoms with Gasteiger partial charge >= 0.3 is 12.1 Å². The number of piperazine rings is 2. The van der Waals surface area contributed by atoms with Gasteiger partial charge in [0.25, 0.3) is 5.91 Å². The fourth-order valence-corrected chi connectivity index (χ4v) is 4.79. The second-order valence-corrected chi connectivity index (χ2v) is 9.90. The fourth-order valence-electron chi connectivity index (χ4n) is 4.79. The molecule has 0 radical (unpaired) electrons. The van der Waals surface area contributed by atoms with Crippen LogP contribution in [-0.4, -0.2) is 125 Å². The first-order valence-electron chi connectivity index (χ1n) is 13.9. The van der Waals surface area contributed by atoms with Crippen LogP contribution in [-0.2, 0) is 19.1 Å². The average molecular weight is 582 g/mol. The standard InChI is InChI=1S/C28H35N7O7/c1-2-42-28(41)35-16-14-34(15-17-35)27(40)21(8-9-24(37)38)30-26(39)22-18-23(33-12-10-32(19-36)11-13-33)31-25(29-22)20-6-4-3-5-7-20/h3-7,18-19,21H,2,8-17H2,1H3,(H,30,39)(H,37,38)/t21-/m0/s1. The molecule has 224 valence electrons. The Labute approximate surface area is 243 Å². The van der Waals surface area contributed by atoms with Crippen molar-refractivity contribution >= 4 is 36.1 Å². The Morgan fingerprint density at radius 2 is 1.64 bits per heavy atom. The molecule has 0 bridgehead atoms. The van der Waals surface area contributed by atoms with E-state index >= 15 is 0 Å². The van der Waals surface area contributed by atoms with Gasteiger partial charge in [-0.05, 0) is 13.3 Å². The van der Waals surface area contributed by atoms with E-state index in [0.717, 1.165) is 6.41 Å². The summed E-state index contributed by atoms with van der Waals surface area (Å²) in [5.41, 5.74) is 0.717. The van der Waals surface area contributed by atoms with Crippen LogP contribution in [0.2, 0.25) is 0 Å². The quantitative estimate of drug-likeness (QED) is 0.381. The topological polar surface area (TPSA) is 166 Å². The lowest BCUT2D eigenvalue weighted by Crippen LogP contribution is -2.56. The maximum atomic E-state index is 13.6. The van der Waals surface area contributed by atoms with Crippen molar-refractivity contribution in [3.05, 3.63) is 42.1 Å². The number of carbonyl (C=O) groups is 5. The smallest absolute Gasteiger partial charge is 0.409 e. The summed E-state index contributed by atoms with van der Waals surface area (Å²) in [6, 6.07) is 9.57. The highest BCUT2D eigenvalue weighted by molar-refractivity contribution is 5.97. The predicted octanol–water partition coefficient (Wildman–Crippen LogP) is 0.686. The number of ether oxygens (including phenoxy) is 1. The number of hydrogen-bond acceptors (Lipinski definition) is 9. The van der Waals surface area contributed by atoms with E-state index in [4.69, 9.17) is 4.74 Å². The summed E-state index contributed by atoms with van der Waals surface area (Å²) in [6.07, 6.45) is -0.0991. The molecular formula is C28H35N7O7. The summed E-state index contributed by atoms with van der Waals surface area (Å²) in [7, 11) is 0. The molecular weight excluding hydrogens is 546 g/mol. The van der Waals surface area contributed by atoms with Gasteiger partial charge in [-0.15, -0.1) is 0 Å². The van der Waals surface area contributed by atoms with Crippen molar-refractivity contribution in [3.8, 4) is 11.4 Å². The number of anilines is 1. The van der Waals surface area contributed by atoms with Gasteiger partial charge in [0.2, 0.25) is 12.3 Å². The van der Waals surface area contributed by atoms with E-state index in [0.29, 0.717) is 43.4 Å². The molecule has 0 spiro atoms. The lowest BCUT2D eigenvalue weighted by molar-refractivity contribution is -0.138. The van der Waals surface area contributed by atoms with Crippen LogP contribution in [0.5, 0.6) is 0 Å². The van der Waals surface area contributed by atoms with Gasteiger partial charge in [0.1, 0.15) is 17.6 Å². The highest BCUT2D eigenvalue weighted by Crippen LogP contribution is 2.22. The number of nitrogens with one attached hydrogen (secondary N) is 1. The van der Waals surface area contributed by atoms with Crippen LogP contribution in [0.25, 0.3) is 11.4 Å². The van der Waals surface area contributed by atoms with E-state index in [-0.39, 0.29) is 51.3 Å². The lowest BCUT2D eigenvalue weighted by atomic mass is 10.1. The SMILES string of the molecule is CCOC(=O)N1CCN(C(=O)[C@H](CCC(=O)O)NC(=O)c2cc(N3CCN(C=O)CC3)nc(-c3ccccc3)n2)CC1. The Hall–Kier alpha value is -4.75. The normalized spacial score (nSPS) is 16.0. The Balaban J connectivity index is 1.54. The zero-order chi connectivity index (χ0) is 30.1. The van der Waals surface area contributed by atoms with Crippen LogP contribution >= 0.6 is 0 Å². The van der Waals surface area contributed by atoms with Crippen molar-refractivity contribution in [1.29, 1.82) is 0 Å². The zero-order valence-corrected chi connectivity index (χ0v) is 23.5. The molecule has 1 atom stereocenters. The maximum Gasteiger partial charge on any atom is 0.409 e. The largest absolute Gasteiger partial charge is 0.481 e. The summed E-state index contributed by atoms with van der Waals surface area (Å²) in [5.74, 6) is -1.35. The van der Waals surface area contributed by atoms with Crippen LogP contribution < -0.4 is 10.2 Å². The van der Waals surface area contributed by atoms with Gasteiger partial charge in [-0.2, -0.15) is 0 Å². The molecule has 0 unspecified atom stereocenters. The molecule has 1 aromatic carbocycles. The molecule has 2 fully saturated rings. The fraction of sp³-hybridized carbons (Fsp3) is 0.464. The van der Waals surface area contributed by atoms with Gasteiger partial charge in [-0.3, -0.25) is 19.2 Å². The number of carboxylic acid groups (broad SMARTS) is 1. The zero-order valence-electron chi connectivity index (χ0n) is 23.5. The molecule has 0 aliphatic carbocycles. The Kier molecular flexibility index (Phi) is 10.2. The van der Waals surface area contributed by atoms with E-state index in [9.17, 15) is 29.1 Å². The number of carbonyl (C=O) groups excluding carboxylic acids is 4. The minimum absolute atomic E-state index is 0.0249. The van der Waals surface area contributed by atoms with E-state index in [1.54, 1.807) is 11.8 Å². The van der Waals surface area contributed by atoms with Crippen molar-refractivity contribution in [2.24, 2.45) is 0 Å². The molecule has 4 amide bonds. The van der Waals surface area contributed by atoms with Gasteiger partial charge in [-0.1, -0.05) is 30.3 Å². The summed E-state index contributed by atoms with van der Waals surface area (Å²) < 4.78 is 5.03. The second-order valence-electron chi connectivity index (χ2n) is 9.90. The monoisotopic (exact) mass is 581 g/mol. The highest BCUT2D eigenvalue weighted by Gasteiger charge is 2.31. The molecule has 2 aliphatic rings. The minimum Gasteiger partial charge on any atom is -0.481 e. The average Bonchev–Trinajstić information content (AvgIpc) is 3.03. The van der Waals surface area contributed by atoms with Crippen LogP contribution in [0.4, 0.5) is 10.6 Å². The third kappa shape index (κ3) is 7.71. The van der Waals surface area contributed by atoms with Crippen molar-refractivity contribution in [2.75, 3.05) is 63.9 Å². The second kappa shape index (κ2) is 14.2.